The minimum atomic E-state index is -0.446. The third-order valence-electron chi connectivity index (χ3n) is 2.90. The van der Waals surface area contributed by atoms with E-state index in [9.17, 15) is 9.18 Å². The van der Waals surface area contributed by atoms with Gasteiger partial charge in [0.1, 0.15) is 5.82 Å². The van der Waals surface area contributed by atoms with Crippen molar-refractivity contribution < 1.29 is 9.18 Å². The SMILES string of the molecule is O=C=NC1(c2ccc(F)c(Br)c2)CCC1. The Balaban J connectivity index is 2.43. The first-order chi connectivity index (χ1) is 7.18. The molecule has 15 heavy (non-hydrogen) atoms. The second kappa shape index (κ2) is 3.87. The Labute approximate surface area is 95.3 Å². The second-order valence-electron chi connectivity index (χ2n) is 3.72. The van der Waals surface area contributed by atoms with E-state index in [1.54, 1.807) is 18.2 Å². The summed E-state index contributed by atoms with van der Waals surface area (Å²) in [6.45, 7) is 0. The third kappa shape index (κ3) is 1.75. The summed E-state index contributed by atoms with van der Waals surface area (Å²) in [5, 5.41) is 0. The van der Waals surface area contributed by atoms with Crippen LogP contribution in [-0.2, 0) is 10.3 Å². The molecular formula is C11H9BrFNO. The van der Waals surface area contributed by atoms with Crippen molar-refractivity contribution in [2.45, 2.75) is 24.8 Å². The maximum Gasteiger partial charge on any atom is 0.235 e. The fourth-order valence-corrected chi connectivity index (χ4v) is 2.23. The van der Waals surface area contributed by atoms with Crippen LogP contribution < -0.4 is 0 Å². The van der Waals surface area contributed by atoms with E-state index in [2.05, 4.69) is 20.9 Å². The fraction of sp³-hybridized carbons (Fsp3) is 0.364. The molecule has 0 saturated heterocycles. The van der Waals surface area contributed by atoms with Gasteiger partial charge in [0.05, 0.1) is 10.0 Å². The first kappa shape index (κ1) is 10.5. The number of hydrogen-bond donors (Lipinski definition) is 0. The first-order valence-electron chi connectivity index (χ1n) is 4.72. The Bertz CT molecular complexity index is 436. The lowest BCUT2D eigenvalue weighted by Gasteiger charge is -2.37. The Morgan fingerprint density at radius 3 is 2.67 bits per heavy atom. The van der Waals surface area contributed by atoms with Gasteiger partial charge in [-0.15, -0.1) is 0 Å². The van der Waals surface area contributed by atoms with E-state index in [4.69, 9.17) is 0 Å². The molecule has 1 saturated carbocycles. The standard InChI is InChI=1S/C11H9BrFNO/c12-9-6-8(2-3-10(9)13)11(14-7-15)4-1-5-11/h2-3,6H,1,4-5H2. The van der Waals surface area contributed by atoms with Crippen molar-refractivity contribution in [3.05, 3.63) is 34.1 Å². The molecule has 0 radical (unpaired) electrons. The molecule has 0 unspecified atom stereocenters. The van der Waals surface area contributed by atoms with Gasteiger partial charge in [-0.3, -0.25) is 0 Å². The number of rotatable bonds is 2. The van der Waals surface area contributed by atoms with Crippen molar-refractivity contribution >= 4 is 22.0 Å². The third-order valence-corrected chi connectivity index (χ3v) is 3.51. The largest absolute Gasteiger partial charge is 0.235 e. The van der Waals surface area contributed by atoms with Gasteiger partial charge in [-0.05, 0) is 52.9 Å². The summed E-state index contributed by atoms with van der Waals surface area (Å²) in [4.78, 5) is 14.2. The lowest BCUT2D eigenvalue weighted by atomic mass is 9.72. The summed E-state index contributed by atoms with van der Waals surface area (Å²) in [6, 6.07) is 4.76. The highest BCUT2D eigenvalue weighted by atomic mass is 79.9. The molecule has 1 aliphatic carbocycles. The van der Waals surface area contributed by atoms with Crippen LogP contribution in [0.15, 0.2) is 27.7 Å². The second-order valence-corrected chi connectivity index (χ2v) is 4.57. The van der Waals surface area contributed by atoms with Crippen LogP contribution in [0.1, 0.15) is 24.8 Å². The van der Waals surface area contributed by atoms with Crippen LogP contribution >= 0.6 is 15.9 Å². The highest BCUT2D eigenvalue weighted by molar-refractivity contribution is 9.10. The molecule has 1 aliphatic rings. The van der Waals surface area contributed by atoms with E-state index in [1.165, 1.54) is 6.07 Å². The van der Waals surface area contributed by atoms with Crippen molar-refractivity contribution in [2.75, 3.05) is 0 Å². The molecule has 1 aromatic rings. The molecule has 2 nitrogen and oxygen atoms in total. The molecule has 0 atom stereocenters. The van der Waals surface area contributed by atoms with Crippen LogP contribution in [0.4, 0.5) is 4.39 Å². The molecule has 78 valence electrons. The lowest BCUT2D eigenvalue weighted by molar-refractivity contribution is 0.255. The molecule has 0 aliphatic heterocycles. The summed E-state index contributed by atoms with van der Waals surface area (Å²) in [6.07, 6.45) is 4.32. The first-order valence-corrected chi connectivity index (χ1v) is 5.52. The average molecular weight is 270 g/mol. The number of isocyanates is 1. The van der Waals surface area contributed by atoms with Crippen LogP contribution in [0.2, 0.25) is 0 Å². The molecule has 0 heterocycles. The normalized spacial score (nSPS) is 17.7. The summed E-state index contributed by atoms with van der Waals surface area (Å²) in [7, 11) is 0. The van der Waals surface area contributed by atoms with E-state index < -0.39 is 5.54 Å². The van der Waals surface area contributed by atoms with Gasteiger partial charge in [0, 0.05) is 0 Å². The van der Waals surface area contributed by atoms with Gasteiger partial charge in [-0.2, -0.15) is 4.99 Å². The summed E-state index contributed by atoms with van der Waals surface area (Å²) in [5.74, 6) is -0.302. The highest BCUT2D eigenvalue weighted by Gasteiger charge is 2.39. The van der Waals surface area contributed by atoms with E-state index in [-0.39, 0.29) is 5.82 Å². The maximum absolute atomic E-state index is 13.0. The predicted molar refractivity (Wildman–Crippen MR) is 57.8 cm³/mol. The Morgan fingerprint density at radius 1 is 1.47 bits per heavy atom. The average Bonchev–Trinajstić information content (AvgIpc) is 2.16. The van der Waals surface area contributed by atoms with Crippen LogP contribution in [0.5, 0.6) is 0 Å². The van der Waals surface area contributed by atoms with Crippen molar-refractivity contribution in [3.63, 3.8) is 0 Å². The van der Waals surface area contributed by atoms with E-state index in [0.717, 1.165) is 24.8 Å². The Hall–Kier alpha value is -0.990. The molecule has 0 aromatic heterocycles. The zero-order valence-corrected chi connectivity index (χ0v) is 9.55. The van der Waals surface area contributed by atoms with Gasteiger partial charge < -0.3 is 0 Å². The number of benzene rings is 1. The highest BCUT2D eigenvalue weighted by Crippen LogP contribution is 2.45. The monoisotopic (exact) mass is 269 g/mol. The minimum absolute atomic E-state index is 0.302. The Morgan fingerprint density at radius 2 is 2.20 bits per heavy atom. The van der Waals surface area contributed by atoms with Gasteiger partial charge in [0.2, 0.25) is 6.08 Å². The molecule has 0 amide bonds. The number of hydrogen-bond acceptors (Lipinski definition) is 2. The van der Waals surface area contributed by atoms with Crippen molar-refractivity contribution in [3.8, 4) is 0 Å². The van der Waals surface area contributed by atoms with Crippen LogP contribution in [-0.4, -0.2) is 6.08 Å². The molecule has 1 aromatic carbocycles. The summed E-state index contributed by atoms with van der Waals surface area (Å²) in [5.41, 5.74) is 0.434. The number of carbonyl (C=O) groups excluding carboxylic acids is 1. The topological polar surface area (TPSA) is 29.4 Å². The molecule has 0 spiro atoms. The summed E-state index contributed by atoms with van der Waals surface area (Å²) < 4.78 is 13.4. The molecule has 0 bridgehead atoms. The van der Waals surface area contributed by atoms with E-state index >= 15 is 0 Å². The van der Waals surface area contributed by atoms with E-state index in [0.29, 0.717) is 4.47 Å². The minimum Gasteiger partial charge on any atom is -0.211 e. The molecule has 1 fully saturated rings. The quantitative estimate of drug-likeness (QED) is 0.598. The van der Waals surface area contributed by atoms with Crippen LogP contribution in [0.25, 0.3) is 0 Å². The zero-order valence-electron chi connectivity index (χ0n) is 7.96. The zero-order chi connectivity index (χ0) is 10.9. The van der Waals surface area contributed by atoms with Crippen molar-refractivity contribution in [1.29, 1.82) is 0 Å². The van der Waals surface area contributed by atoms with Crippen LogP contribution in [0, 0.1) is 5.82 Å². The van der Waals surface area contributed by atoms with E-state index in [1.807, 2.05) is 0 Å². The molecule has 0 N–H and O–H groups in total. The molecule has 4 heteroatoms. The van der Waals surface area contributed by atoms with Gasteiger partial charge in [-0.25, -0.2) is 9.18 Å². The van der Waals surface area contributed by atoms with Gasteiger partial charge in [0.15, 0.2) is 0 Å². The number of aliphatic imine (C=N–C) groups is 1. The molecular weight excluding hydrogens is 261 g/mol. The maximum atomic E-state index is 13.0. The van der Waals surface area contributed by atoms with Crippen molar-refractivity contribution in [1.82, 2.24) is 0 Å². The number of halogens is 2. The lowest BCUT2D eigenvalue weighted by Crippen LogP contribution is -2.31. The molecule has 2 rings (SSSR count). The van der Waals surface area contributed by atoms with Gasteiger partial charge in [-0.1, -0.05) is 6.07 Å². The predicted octanol–water partition coefficient (Wildman–Crippen LogP) is 3.30. The smallest absolute Gasteiger partial charge is 0.211 e. The number of nitrogens with zero attached hydrogens (tertiary/aromatic N) is 1. The summed E-state index contributed by atoms with van der Waals surface area (Å²) >= 11 is 3.13. The van der Waals surface area contributed by atoms with Crippen LogP contribution in [0.3, 0.4) is 0 Å². The van der Waals surface area contributed by atoms with Gasteiger partial charge in [0.25, 0.3) is 0 Å². The fourth-order valence-electron chi connectivity index (χ4n) is 1.85. The van der Waals surface area contributed by atoms with Crippen molar-refractivity contribution in [2.24, 2.45) is 4.99 Å². The van der Waals surface area contributed by atoms with Gasteiger partial charge >= 0.3 is 0 Å². The Kier molecular flexibility index (Phi) is 2.72.